The van der Waals surface area contributed by atoms with Gasteiger partial charge in [-0.3, -0.25) is 4.79 Å². The number of carbonyl (C=O) groups is 1. The van der Waals surface area contributed by atoms with E-state index in [2.05, 4.69) is 41.2 Å². The first kappa shape index (κ1) is 20.1. The summed E-state index contributed by atoms with van der Waals surface area (Å²) >= 11 is 7.75. The molecule has 2 aromatic carbocycles. The summed E-state index contributed by atoms with van der Waals surface area (Å²) in [5, 5.41) is 3.74. The molecule has 4 nitrogen and oxygen atoms in total. The van der Waals surface area contributed by atoms with Crippen LogP contribution < -0.4 is 10.2 Å². The zero-order valence-corrected chi connectivity index (χ0v) is 17.4. The molecule has 144 valence electrons. The monoisotopic (exact) mass is 403 g/mol. The largest absolute Gasteiger partial charge is 0.369 e. The maximum absolute atomic E-state index is 12.2. The molecule has 0 aliphatic carbocycles. The standard InChI is InChI=1S/C21H26ClN3OS/c1-16-15-17(7-8-19(16)25-12-10-24(2)11-13-25)23-21(26)9-14-27-20-6-4-3-5-18(20)22/h3-8,15H,9-14H2,1-2H3,(H,23,26). The molecule has 0 radical (unpaired) electrons. The maximum Gasteiger partial charge on any atom is 0.225 e. The molecule has 0 bridgehead atoms. The van der Waals surface area contributed by atoms with Gasteiger partial charge >= 0.3 is 0 Å². The molecule has 27 heavy (non-hydrogen) atoms. The number of rotatable bonds is 6. The lowest BCUT2D eigenvalue weighted by molar-refractivity contribution is -0.115. The smallest absolute Gasteiger partial charge is 0.225 e. The number of hydrogen-bond acceptors (Lipinski definition) is 4. The third-order valence-corrected chi connectivity index (χ3v) is 6.26. The summed E-state index contributed by atoms with van der Waals surface area (Å²) in [6.07, 6.45) is 0.454. The Bertz CT molecular complexity index is 791. The number of nitrogens with one attached hydrogen (secondary N) is 1. The van der Waals surface area contributed by atoms with Gasteiger partial charge < -0.3 is 15.1 Å². The fraction of sp³-hybridized carbons (Fsp3) is 0.381. The van der Waals surface area contributed by atoms with Crippen molar-refractivity contribution in [1.29, 1.82) is 0 Å². The molecule has 1 amide bonds. The molecule has 1 aliphatic heterocycles. The van der Waals surface area contributed by atoms with Crippen molar-refractivity contribution in [3.63, 3.8) is 0 Å². The van der Waals surface area contributed by atoms with Crippen molar-refractivity contribution in [2.75, 3.05) is 49.2 Å². The number of piperazine rings is 1. The molecule has 1 heterocycles. The average molecular weight is 404 g/mol. The van der Waals surface area contributed by atoms with Crippen LogP contribution in [0.15, 0.2) is 47.4 Å². The van der Waals surface area contributed by atoms with Gasteiger partial charge in [-0.2, -0.15) is 0 Å². The van der Waals surface area contributed by atoms with Gasteiger partial charge in [0.1, 0.15) is 0 Å². The fourth-order valence-electron chi connectivity index (χ4n) is 3.17. The van der Waals surface area contributed by atoms with Gasteiger partial charge in [-0.15, -0.1) is 11.8 Å². The van der Waals surface area contributed by atoms with E-state index in [9.17, 15) is 4.79 Å². The van der Waals surface area contributed by atoms with Crippen LogP contribution in [0.5, 0.6) is 0 Å². The highest BCUT2D eigenvalue weighted by Gasteiger charge is 2.16. The lowest BCUT2D eigenvalue weighted by atomic mass is 10.1. The van der Waals surface area contributed by atoms with Crippen LogP contribution in [0.4, 0.5) is 11.4 Å². The van der Waals surface area contributed by atoms with E-state index in [-0.39, 0.29) is 5.91 Å². The predicted molar refractivity (Wildman–Crippen MR) is 116 cm³/mol. The number of thioether (sulfide) groups is 1. The summed E-state index contributed by atoms with van der Waals surface area (Å²) in [4.78, 5) is 18.0. The molecule has 0 aromatic heterocycles. The molecule has 2 aromatic rings. The summed E-state index contributed by atoms with van der Waals surface area (Å²) in [6, 6.07) is 13.9. The van der Waals surface area contributed by atoms with E-state index in [0.29, 0.717) is 12.2 Å². The number of halogens is 1. The number of amides is 1. The highest BCUT2D eigenvalue weighted by molar-refractivity contribution is 7.99. The molecular weight excluding hydrogens is 378 g/mol. The van der Waals surface area contributed by atoms with Crippen LogP contribution in [0.25, 0.3) is 0 Å². The molecular formula is C21H26ClN3OS. The number of benzene rings is 2. The second-order valence-corrected chi connectivity index (χ2v) is 8.41. The zero-order valence-electron chi connectivity index (χ0n) is 15.9. The molecule has 0 saturated carbocycles. The molecule has 1 aliphatic rings. The normalized spacial score (nSPS) is 15.0. The van der Waals surface area contributed by atoms with Crippen molar-refractivity contribution in [3.05, 3.63) is 53.1 Å². The summed E-state index contributed by atoms with van der Waals surface area (Å²) in [5.74, 6) is 0.731. The number of hydrogen-bond donors (Lipinski definition) is 1. The number of carbonyl (C=O) groups excluding carboxylic acids is 1. The minimum absolute atomic E-state index is 0.0290. The molecule has 0 spiro atoms. The van der Waals surface area contributed by atoms with Crippen LogP contribution in [-0.4, -0.2) is 49.8 Å². The topological polar surface area (TPSA) is 35.6 Å². The van der Waals surface area contributed by atoms with Gasteiger partial charge in [-0.05, 0) is 49.9 Å². The predicted octanol–water partition coefficient (Wildman–Crippen LogP) is 4.52. The minimum Gasteiger partial charge on any atom is -0.369 e. The highest BCUT2D eigenvalue weighted by atomic mass is 35.5. The molecule has 3 rings (SSSR count). The Morgan fingerprint density at radius 2 is 1.89 bits per heavy atom. The number of likely N-dealkylation sites (N-methyl/N-ethyl adjacent to an activating group) is 1. The minimum atomic E-state index is 0.0290. The van der Waals surface area contributed by atoms with Crippen molar-refractivity contribution < 1.29 is 4.79 Å². The Kier molecular flexibility index (Phi) is 7.05. The van der Waals surface area contributed by atoms with Crippen molar-refractivity contribution >= 4 is 40.6 Å². The van der Waals surface area contributed by atoms with Gasteiger partial charge in [0.05, 0.1) is 5.02 Å². The van der Waals surface area contributed by atoms with Crippen LogP contribution in [0, 0.1) is 6.92 Å². The number of anilines is 2. The van der Waals surface area contributed by atoms with E-state index in [1.807, 2.05) is 30.3 Å². The summed E-state index contributed by atoms with van der Waals surface area (Å²) < 4.78 is 0. The fourth-order valence-corrected chi connectivity index (χ4v) is 4.36. The highest BCUT2D eigenvalue weighted by Crippen LogP contribution is 2.27. The van der Waals surface area contributed by atoms with Crippen LogP contribution in [0.1, 0.15) is 12.0 Å². The second-order valence-electron chi connectivity index (χ2n) is 6.87. The Morgan fingerprint density at radius 3 is 2.59 bits per heavy atom. The van der Waals surface area contributed by atoms with Crippen LogP contribution in [0.2, 0.25) is 5.02 Å². The van der Waals surface area contributed by atoms with E-state index in [1.54, 1.807) is 11.8 Å². The van der Waals surface area contributed by atoms with E-state index >= 15 is 0 Å². The molecule has 1 saturated heterocycles. The number of nitrogens with zero attached hydrogens (tertiary/aromatic N) is 2. The Morgan fingerprint density at radius 1 is 1.15 bits per heavy atom. The third-order valence-electron chi connectivity index (χ3n) is 4.75. The molecule has 6 heteroatoms. The van der Waals surface area contributed by atoms with Crippen LogP contribution >= 0.6 is 23.4 Å². The van der Waals surface area contributed by atoms with Crippen LogP contribution in [0.3, 0.4) is 0 Å². The van der Waals surface area contributed by atoms with Crippen molar-refractivity contribution in [2.24, 2.45) is 0 Å². The number of aryl methyl sites for hydroxylation is 1. The second kappa shape index (κ2) is 9.49. The molecule has 0 atom stereocenters. The van der Waals surface area contributed by atoms with Crippen molar-refractivity contribution in [2.45, 2.75) is 18.2 Å². The van der Waals surface area contributed by atoms with Gasteiger partial charge in [-0.1, -0.05) is 23.7 Å². The van der Waals surface area contributed by atoms with Gasteiger partial charge in [0, 0.05) is 54.6 Å². The zero-order chi connectivity index (χ0) is 19.2. The lowest BCUT2D eigenvalue weighted by Crippen LogP contribution is -2.44. The Hall–Kier alpha value is -1.69. The quantitative estimate of drug-likeness (QED) is 0.719. The molecule has 0 unspecified atom stereocenters. The lowest BCUT2D eigenvalue weighted by Gasteiger charge is -2.35. The van der Waals surface area contributed by atoms with E-state index < -0.39 is 0 Å². The molecule has 1 fully saturated rings. The van der Waals surface area contributed by atoms with Gasteiger partial charge in [0.25, 0.3) is 0 Å². The van der Waals surface area contributed by atoms with E-state index in [1.165, 1.54) is 11.3 Å². The third kappa shape index (κ3) is 5.64. The van der Waals surface area contributed by atoms with Gasteiger partial charge in [0.15, 0.2) is 0 Å². The van der Waals surface area contributed by atoms with Gasteiger partial charge in [0.2, 0.25) is 5.91 Å². The van der Waals surface area contributed by atoms with Crippen LogP contribution in [-0.2, 0) is 4.79 Å². The maximum atomic E-state index is 12.2. The molecule has 1 N–H and O–H groups in total. The SMILES string of the molecule is Cc1cc(NC(=O)CCSc2ccccc2Cl)ccc1N1CCN(C)CC1. The van der Waals surface area contributed by atoms with E-state index in [4.69, 9.17) is 11.6 Å². The Labute approximate surface area is 170 Å². The van der Waals surface area contributed by atoms with E-state index in [0.717, 1.165) is 41.8 Å². The Balaban J connectivity index is 1.50. The first-order valence-corrected chi connectivity index (χ1v) is 10.6. The van der Waals surface area contributed by atoms with Gasteiger partial charge in [-0.25, -0.2) is 0 Å². The average Bonchev–Trinajstić information content (AvgIpc) is 2.64. The first-order valence-electron chi connectivity index (χ1n) is 9.24. The summed E-state index contributed by atoms with van der Waals surface area (Å²) in [6.45, 7) is 6.36. The van der Waals surface area contributed by atoms with Crippen molar-refractivity contribution in [1.82, 2.24) is 4.90 Å². The van der Waals surface area contributed by atoms with Crippen molar-refractivity contribution in [3.8, 4) is 0 Å². The summed E-state index contributed by atoms with van der Waals surface area (Å²) in [7, 11) is 2.16. The summed E-state index contributed by atoms with van der Waals surface area (Å²) in [5.41, 5.74) is 3.32. The first-order chi connectivity index (χ1) is 13.0.